The average Bonchev–Trinajstić information content (AvgIpc) is 2.67. The summed E-state index contributed by atoms with van der Waals surface area (Å²) in [5.41, 5.74) is 0. The molecule has 6 heteroatoms. The summed E-state index contributed by atoms with van der Waals surface area (Å²) < 4.78 is 0. The summed E-state index contributed by atoms with van der Waals surface area (Å²) >= 11 is 0. The normalized spacial score (nSPS) is 16.9. The highest BCUT2D eigenvalue weighted by molar-refractivity contribution is 5.95. The summed E-state index contributed by atoms with van der Waals surface area (Å²) in [6, 6.07) is -0.648. The predicted octanol–water partition coefficient (Wildman–Crippen LogP) is -0.412. The molecule has 0 saturated carbocycles. The highest BCUT2D eigenvalue weighted by Crippen LogP contribution is 2.08. The lowest BCUT2D eigenvalue weighted by atomic mass is 10.2. The SMILES string of the molecule is CC(NC(=O)CC(=O)O)C(=O)N1CCCC1. The molecule has 0 radical (unpaired) electrons. The van der Waals surface area contributed by atoms with Gasteiger partial charge in [0.2, 0.25) is 11.8 Å². The van der Waals surface area contributed by atoms with Crippen molar-refractivity contribution in [3.63, 3.8) is 0 Å². The van der Waals surface area contributed by atoms with E-state index in [9.17, 15) is 14.4 Å². The van der Waals surface area contributed by atoms with Crippen molar-refractivity contribution in [2.45, 2.75) is 32.2 Å². The van der Waals surface area contributed by atoms with E-state index in [1.807, 2.05) is 0 Å². The van der Waals surface area contributed by atoms with Gasteiger partial charge in [-0.3, -0.25) is 14.4 Å². The number of carbonyl (C=O) groups is 3. The fourth-order valence-corrected chi connectivity index (χ4v) is 1.70. The molecular weight excluding hydrogens is 212 g/mol. The van der Waals surface area contributed by atoms with Crippen molar-refractivity contribution in [1.29, 1.82) is 0 Å². The number of rotatable bonds is 4. The van der Waals surface area contributed by atoms with E-state index in [1.165, 1.54) is 0 Å². The zero-order valence-electron chi connectivity index (χ0n) is 9.23. The number of nitrogens with one attached hydrogen (secondary N) is 1. The molecule has 16 heavy (non-hydrogen) atoms. The Morgan fingerprint density at radius 1 is 1.31 bits per heavy atom. The van der Waals surface area contributed by atoms with Crippen LogP contribution in [0.1, 0.15) is 26.2 Å². The van der Waals surface area contributed by atoms with Crippen LogP contribution in [0.5, 0.6) is 0 Å². The van der Waals surface area contributed by atoms with Gasteiger partial charge in [-0.05, 0) is 19.8 Å². The van der Waals surface area contributed by atoms with Crippen molar-refractivity contribution in [2.24, 2.45) is 0 Å². The number of carboxylic acids is 1. The van der Waals surface area contributed by atoms with Crippen molar-refractivity contribution < 1.29 is 19.5 Å². The summed E-state index contributed by atoms with van der Waals surface area (Å²) in [5, 5.41) is 10.8. The van der Waals surface area contributed by atoms with Gasteiger partial charge in [0.05, 0.1) is 0 Å². The predicted molar refractivity (Wildman–Crippen MR) is 55.7 cm³/mol. The van der Waals surface area contributed by atoms with Crippen LogP contribution >= 0.6 is 0 Å². The van der Waals surface area contributed by atoms with Crippen LogP contribution in [0.25, 0.3) is 0 Å². The molecule has 0 bridgehead atoms. The zero-order chi connectivity index (χ0) is 12.1. The van der Waals surface area contributed by atoms with Gasteiger partial charge in [0.15, 0.2) is 0 Å². The van der Waals surface area contributed by atoms with Gasteiger partial charge in [-0.15, -0.1) is 0 Å². The van der Waals surface area contributed by atoms with E-state index in [2.05, 4.69) is 5.32 Å². The minimum atomic E-state index is -1.20. The van der Waals surface area contributed by atoms with E-state index >= 15 is 0 Å². The molecule has 1 aliphatic rings. The summed E-state index contributed by atoms with van der Waals surface area (Å²) in [6.07, 6.45) is 1.38. The Morgan fingerprint density at radius 3 is 2.38 bits per heavy atom. The highest BCUT2D eigenvalue weighted by Gasteiger charge is 2.24. The lowest BCUT2D eigenvalue weighted by Gasteiger charge is -2.20. The van der Waals surface area contributed by atoms with Gasteiger partial charge in [0, 0.05) is 13.1 Å². The number of carbonyl (C=O) groups excluding carboxylic acids is 2. The molecule has 2 N–H and O–H groups in total. The maximum Gasteiger partial charge on any atom is 0.312 e. The average molecular weight is 228 g/mol. The van der Waals surface area contributed by atoms with E-state index in [0.717, 1.165) is 25.9 Å². The molecule has 90 valence electrons. The number of hydrogen-bond acceptors (Lipinski definition) is 3. The van der Waals surface area contributed by atoms with E-state index in [1.54, 1.807) is 11.8 Å². The molecule has 1 unspecified atom stereocenters. The molecule has 0 aromatic heterocycles. The lowest BCUT2D eigenvalue weighted by molar-refractivity contribution is -0.142. The third kappa shape index (κ3) is 3.52. The number of hydrogen-bond donors (Lipinski definition) is 2. The monoisotopic (exact) mass is 228 g/mol. The molecule has 0 spiro atoms. The second kappa shape index (κ2) is 5.48. The first kappa shape index (κ1) is 12.5. The second-order valence-corrected chi connectivity index (χ2v) is 3.89. The Balaban J connectivity index is 2.38. The first-order valence-corrected chi connectivity index (χ1v) is 5.30. The maximum absolute atomic E-state index is 11.7. The summed E-state index contributed by atoms with van der Waals surface area (Å²) in [4.78, 5) is 34.8. The van der Waals surface area contributed by atoms with E-state index in [0.29, 0.717) is 0 Å². The van der Waals surface area contributed by atoms with E-state index in [4.69, 9.17) is 5.11 Å². The number of nitrogens with zero attached hydrogens (tertiary/aromatic N) is 1. The van der Waals surface area contributed by atoms with Crippen LogP contribution in [0.2, 0.25) is 0 Å². The third-order valence-electron chi connectivity index (χ3n) is 2.48. The van der Waals surface area contributed by atoms with Crippen LogP contribution in [0, 0.1) is 0 Å². The van der Waals surface area contributed by atoms with Crippen LogP contribution in [0.15, 0.2) is 0 Å². The molecule has 0 aromatic carbocycles. The molecule has 1 rings (SSSR count). The summed E-state index contributed by atoms with van der Waals surface area (Å²) in [6.45, 7) is 3.01. The number of amides is 2. The minimum Gasteiger partial charge on any atom is -0.481 e. The van der Waals surface area contributed by atoms with Gasteiger partial charge in [0.1, 0.15) is 12.5 Å². The maximum atomic E-state index is 11.7. The summed E-state index contributed by atoms with van der Waals surface area (Å²) in [7, 11) is 0. The quantitative estimate of drug-likeness (QED) is 0.640. The molecule has 1 atom stereocenters. The van der Waals surface area contributed by atoms with Gasteiger partial charge in [-0.2, -0.15) is 0 Å². The largest absolute Gasteiger partial charge is 0.481 e. The molecule has 6 nitrogen and oxygen atoms in total. The lowest BCUT2D eigenvalue weighted by Crippen LogP contribution is -2.46. The topological polar surface area (TPSA) is 86.7 Å². The Hall–Kier alpha value is -1.59. The van der Waals surface area contributed by atoms with Crippen LogP contribution in [0.3, 0.4) is 0 Å². The molecule has 1 aliphatic heterocycles. The van der Waals surface area contributed by atoms with E-state index < -0.39 is 24.3 Å². The van der Waals surface area contributed by atoms with Crippen molar-refractivity contribution in [2.75, 3.05) is 13.1 Å². The molecule has 1 heterocycles. The first-order valence-electron chi connectivity index (χ1n) is 5.30. The molecular formula is C10H16N2O4. The molecule has 0 aromatic rings. The molecule has 1 fully saturated rings. The van der Waals surface area contributed by atoms with Crippen LogP contribution < -0.4 is 5.32 Å². The second-order valence-electron chi connectivity index (χ2n) is 3.89. The van der Waals surface area contributed by atoms with Gasteiger partial charge >= 0.3 is 5.97 Å². The smallest absolute Gasteiger partial charge is 0.312 e. The van der Waals surface area contributed by atoms with Gasteiger partial charge in [-0.1, -0.05) is 0 Å². The van der Waals surface area contributed by atoms with Gasteiger partial charge in [0.25, 0.3) is 0 Å². The fraction of sp³-hybridized carbons (Fsp3) is 0.700. The summed E-state index contributed by atoms with van der Waals surface area (Å²) in [5.74, 6) is -1.97. The van der Waals surface area contributed by atoms with Crippen LogP contribution in [0.4, 0.5) is 0 Å². The third-order valence-corrected chi connectivity index (χ3v) is 2.48. The van der Waals surface area contributed by atoms with Crippen LogP contribution in [-0.2, 0) is 14.4 Å². The molecule has 0 aliphatic carbocycles. The fourth-order valence-electron chi connectivity index (χ4n) is 1.70. The molecule has 2 amide bonds. The van der Waals surface area contributed by atoms with Crippen molar-refractivity contribution in [1.82, 2.24) is 10.2 Å². The zero-order valence-corrected chi connectivity index (χ0v) is 9.23. The Labute approximate surface area is 93.6 Å². The number of likely N-dealkylation sites (tertiary alicyclic amines) is 1. The van der Waals surface area contributed by atoms with Crippen LogP contribution in [-0.4, -0.2) is 46.9 Å². The first-order chi connectivity index (χ1) is 7.50. The number of carboxylic acid groups (broad SMARTS) is 1. The Morgan fingerprint density at radius 2 is 1.88 bits per heavy atom. The Kier molecular flexibility index (Phi) is 4.28. The van der Waals surface area contributed by atoms with E-state index in [-0.39, 0.29) is 5.91 Å². The number of aliphatic carboxylic acids is 1. The van der Waals surface area contributed by atoms with Crippen molar-refractivity contribution in [3.05, 3.63) is 0 Å². The molecule has 1 saturated heterocycles. The minimum absolute atomic E-state index is 0.142. The van der Waals surface area contributed by atoms with Gasteiger partial charge < -0.3 is 15.3 Å². The Bertz CT molecular complexity index is 297. The van der Waals surface area contributed by atoms with Crippen molar-refractivity contribution in [3.8, 4) is 0 Å². The van der Waals surface area contributed by atoms with Crippen molar-refractivity contribution >= 4 is 17.8 Å². The van der Waals surface area contributed by atoms with Gasteiger partial charge in [-0.25, -0.2) is 0 Å². The highest BCUT2D eigenvalue weighted by atomic mass is 16.4. The standard InChI is InChI=1S/C10H16N2O4/c1-7(11-8(13)6-9(14)15)10(16)12-4-2-3-5-12/h7H,2-6H2,1H3,(H,11,13)(H,14,15).